The van der Waals surface area contributed by atoms with Gasteiger partial charge in [-0.25, -0.2) is 17.6 Å². The Labute approximate surface area is 176 Å². The lowest BCUT2D eigenvalue weighted by atomic mass is 9.86. The molecular weight excluding hydrogens is 411 g/mol. The number of aliphatic imine (C=N–C) groups is 1. The van der Waals surface area contributed by atoms with Gasteiger partial charge in [0.25, 0.3) is 0 Å². The molecule has 164 valence electrons. The van der Waals surface area contributed by atoms with Crippen LogP contribution in [-0.2, 0) is 24.8 Å². The molecule has 0 aromatic heterocycles. The van der Waals surface area contributed by atoms with Gasteiger partial charge in [-0.15, -0.1) is 0 Å². The van der Waals surface area contributed by atoms with Crippen LogP contribution in [0.1, 0.15) is 46.1 Å². The molecule has 0 spiro atoms. The number of sulfone groups is 1. The molecule has 4 rings (SSSR count). The third kappa shape index (κ3) is 3.13. The summed E-state index contributed by atoms with van der Waals surface area (Å²) in [6, 6.07) is 6.02. The molecule has 2 heterocycles. The highest BCUT2D eigenvalue weighted by molar-refractivity contribution is 7.94. The number of amidine groups is 1. The number of ether oxygens (including phenoxy) is 2. The summed E-state index contributed by atoms with van der Waals surface area (Å²) in [4.78, 5) is 16.6. The summed E-state index contributed by atoms with van der Waals surface area (Å²) in [6.07, 6.45) is 0.545. The molecule has 30 heavy (non-hydrogen) atoms. The van der Waals surface area contributed by atoms with Crippen LogP contribution in [-0.4, -0.2) is 49.2 Å². The van der Waals surface area contributed by atoms with Gasteiger partial charge >= 0.3 is 6.09 Å². The summed E-state index contributed by atoms with van der Waals surface area (Å²) < 4.78 is 52.1. The number of nitrogens with one attached hydrogen (secondary N) is 1. The molecule has 3 aliphatic rings. The maximum absolute atomic E-state index is 14.8. The first-order valence-corrected chi connectivity index (χ1v) is 11.6. The van der Waals surface area contributed by atoms with E-state index in [0.29, 0.717) is 12.8 Å². The van der Waals surface area contributed by atoms with Crippen LogP contribution in [0, 0.1) is 11.7 Å². The number of rotatable bonds is 2. The fourth-order valence-corrected chi connectivity index (χ4v) is 7.23. The molecule has 3 fully saturated rings. The average molecular weight is 439 g/mol. The fourth-order valence-electron chi connectivity index (χ4n) is 4.52. The van der Waals surface area contributed by atoms with Crippen molar-refractivity contribution in [3.8, 4) is 0 Å². The third-order valence-electron chi connectivity index (χ3n) is 6.23. The highest BCUT2D eigenvalue weighted by Crippen LogP contribution is 2.52. The van der Waals surface area contributed by atoms with Crippen molar-refractivity contribution < 1.29 is 27.1 Å². The molecule has 0 bridgehead atoms. The Morgan fingerprint density at radius 2 is 1.97 bits per heavy atom. The topological polar surface area (TPSA) is 94.1 Å². The Morgan fingerprint density at radius 1 is 1.30 bits per heavy atom. The van der Waals surface area contributed by atoms with E-state index >= 15 is 0 Å². The molecule has 1 amide bonds. The quantitative estimate of drug-likeness (QED) is 0.763. The van der Waals surface area contributed by atoms with Gasteiger partial charge in [0.05, 0.1) is 13.2 Å². The van der Waals surface area contributed by atoms with Crippen molar-refractivity contribution in [1.29, 1.82) is 0 Å². The molecule has 0 radical (unpaired) electrons. The summed E-state index contributed by atoms with van der Waals surface area (Å²) >= 11 is 0. The van der Waals surface area contributed by atoms with E-state index in [-0.39, 0.29) is 30.5 Å². The second kappa shape index (κ2) is 6.75. The molecule has 3 atom stereocenters. The Kier molecular flexibility index (Phi) is 4.78. The lowest BCUT2D eigenvalue weighted by Crippen LogP contribution is -2.71. The normalized spacial score (nSPS) is 34.3. The van der Waals surface area contributed by atoms with Gasteiger partial charge in [-0.1, -0.05) is 18.2 Å². The number of fused-ring (bicyclic) bond motifs is 1. The van der Waals surface area contributed by atoms with Crippen molar-refractivity contribution in [3.05, 3.63) is 35.6 Å². The molecule has 1 aromatic rings. The maximum Gasteiger partial charge on any atom is 0.435 e. The highest BCUT2D eigenvalue weighted by atomic mass is 32.2. The lowest BCUT2D eigenvalue weighted by molar-refractivity contribution is 0.0602. The second-order valence-electron chi connectivity index (χ2n) is 9.45. The van der Waals surface area contributed by atoms with E-state index in [9.17, 15) is 17.6 Å². The number of hydrogen-bond acceptors (Lipinski definition) is 5. The Hall–Kier alpha value is -2.00. The van der Waals surface area contributed by atoms with Gasteiger partial charge in [0.15, 0.2) is 9.84 Å². The minimum absolute atomic E-state index is 0.00394. The zero-order valence-corrected chi connectivity index (χ0v) is 18.4. The Morgan fingerprint density at radius 3 is 2.57 bits per heavy atom. The fraction of sp³-hybridized carbons (Fsp3) is 0.619. The van der Waals surface area contributed by atoms with Crippen LogP contribution in [0.25, 0.3) is 0 Å². The molecule has 1 N–H and O–H groups in total. The van der Waals surface area contributed by atoms with Crippen LogP contribution in [0.4, 0.5) is 9.18 Å². The van der Waals surface area contributed by atoms with Crippen molar-refractivity contribution in [1.82, 2.24) is 5.32 Å². The molecule has 2 aliphatic heterocycles. The van der Waals surface area contributed by atoms with Gasteiger partial charge in [0.1, 0.15) is 32.8 Å². The van der Waals surface area contributed by atoms with Crippen LogP contribution in [0.3, 0.4) is 0 Å². The Balaban J connectivity index is 1.88. The number of hydrogen-bond donors (Lipinski definition) is 1. The van der Waals surface area contributed by atoms with E-state index in [1.807, 2.05) is 0 Å². The first kappa shape index (κ1) is 21.2. The number of nitrogens with zero attached hydrogens (tertiary/aromatic N) is 1. The number of halogens is 1. The van der Waals surface area contributed by atoms with Gasteiger partial charge in [0, 0.05) is 5.56 Å². The number of carbonyl (C=O) groups is 1. The smallest absolute Gasteiger partial charge is 0.435 e. The summed E-state index contributed by atoms with van der Waals surface area (Å²) in [7, 11) is -3.89. The van der Waals surface area contributed by atoms with Crippen molar-refractivity contribution in [2.75, 3.05) is 13.2 Å². The molecule has 7 nitrogen and oxygen atoms in total. The first-order valence-electron chi connectivity index (χ1n) is 10.1. The maximum atomic E-state index is 14.8. The molecule has 2 saturated heterocycles. The van der Waals surface area contributed by atoms with E-state index in [1.165, 1.54) is 6.07 Å². The summed E-state index contributed by atoms with van der Waals surface area (Å²) in [5.74, 6) is -0.706. The van der Waals surface area contributed by atoms with Crippen molar-refractivity contribution in [2.24, 2.45) is 10.9 Å². The van der Waals surface area contributed by atoms with Crippen molar-refractivity contribution in [3.63, 3.8) is 0 Å². The predicted octanol–water partition coefficient (Wildman–Crippen LogP) is 2.94. The number of benzene rings is 1. The van der Waals surface area contributed by atoms with Gasteiger partial charge in [0.2, 0.25) is 0 Å². The van der Waals surface area contributed by atoms with Crippen molar-refractivity contribution in [2.45, 2.75) is 61.7 Å². The monoisotopic (exact) mass is 438 g/mol. The SMILES string of the molecule is CC(C)(C)OC(=O)/N=C1/N[C@@]2(c3ccccc3F)COC[C@H]2S(=O)(=O)C1(C)C1CC1. The largest absolute Gasteiger partial charge is 0.442 e. The van der Waals surface area contributed by atoms with Crippen LogP contribution >= 0.6 is 0 Å². The number of amides is 1. The molecule has 1 aliphatic carbocycles. The van der Waals surface area contributed by atoms with Crippen molar-refractivity contribution >= 4 is 21.8 Å². The van der Waals surface area contributed by atoms with E-state index in [2.05, 4.69) is 10.3 Å². The zero-order valence-electron chi connectivity index (χ0n) is 17.6. The minimum Gasteiger partial charge on any atom is -0.442 e. The lowest BCUT2D eigenvalue weighted by Gasteiger charge is -2.48. The molecule has 1 saturated carbocycles. The standard InChI is InChI=1S/C21H27FN2O5S/c1-19(2,3)29-18(25)23-17-20(4,13-9-10-13)30(26,27)16-11-28-12-21(16,24-17)14-7-5-6-8-15(14)22/h5-8,13,16H,9-12H2,1-4H3,(H,23,24,25)/t16-,20?,21-/m1/s1. The minimum atomic E-state index is -3.89. The van der Waals surface area contributed by atoms with Crippen LogP contribution in [0.15, 0.2) is 29.3 Å². The molecule has 1 unspecified atom stereocenters. The third-order valence-corrected chi connectivity index (χ3v) is 9.23. The average Bonchev–Trinajstić information content (AvgIpc) is 3.39. The molecular formula is C21H27FN2O5S. The predicted molar refractivity (Wildman–Crippen MR) is 110 cm³/mol. The van der Waals surface area contributed by atoms with Gasteiger partial charge in [-0.2, -0.15) is 4.99 Å². The second-order valence-corrected chi connectivity index (χ2v) is 12.0. The number of carbonyl (C=O) groups excluding carboxylic acids is 1. The Bertz CT molecular complexity index is 1010. The van der Waals surface area contributed by atoms with Crippen LogP contribution in [0.5, 0.6) is 0 Å². The van der Waals surface area contributed by atoms with E-state index < -0.39 is 42.9 Å². The van der Waals surface area contributed by atoms with Gasteiger partial charge in [-0.05, 0) is 52.5 Å². The highest BCUT2D eigenvalue weighted by Gasteiger charge is 2.68. The first-order chi connectivity index (χ1) is 13.9. The molecule has 9 heteroatoms. The summed E-state index contributed by atoms with van der Waals surface area (Å²) in [6.45, 7) is 6.62. The van der Waals surface area contributed by atoms with Crippen LogP contribution < -0.4 is 5.32 Å². The van der Waals surface area contributed by atoms with E-state index in [0.717, 1.165) is 0 Å². The van der Waals surface area contributed by atoms with E-state index in [4.69, 9.17) is 9.47 Å². The summed E-state index contributed by atoms with van der Waals surface area (Å²) in [5, 5.41) is 2.18. The molecule has 1 aromatic carbocycles. The van der Waals surface area contributed by atoms with E-state index in [1.54, 1.807) is 45.9 Å². The van der Waals surface area contributed by atoms with Crippen LogP contribution in [0.2, 0.25) is 0 Å². The zero-order chi connectivity index (χ0) is 21.9. The summed E-state index contributed by atoms with van der Waals surface area (Å²) in [5.41, 5.74) is -1.96. The van der Waals surface area contributed by atoms with Gasteiger partial charge in [-0.3, -0.25) is 0 Å². The van der Waals surface area contributed by atoms with Gasteiger partial charge < -0.3 is 14.8 Å².